The van der Waals surface area contributed by atoms with Crippen molar-refractivity contribution in [2.75, 3.05) is 25.2 Å². The van der Waals surface area contributed by atoms with Crippen molar-refractivity contribution in [3.8, 4) is 0 Å². The van der Waals surface area contributed by atoms with Gasteiger partial charge in [-0.3, -0.25) is 14.6 Å². The maximum absolute atomic E-state index is 12.8. The van der Waals surface area contributed by atoms with E-state index in [1.54, 1.807) is 17.0 Å². The Hall–Kier alpha value is -1.46. The van der Waals surface area contributed by atoms with Crippen LogP contribution in [-0.2, 0) is 4.79 Å². The van der Waals surface area contributed by atoms with Crippen molar-refractivity contribution >= 4 is 11.6 Å². The summed E-state index contributed by atoms with van der Waals surface area (Å²) in [5, 5.41) is 0. The Labute approximate surface area is 93.4 Å². The van der Waals surface area contributed by atoms with Crippen molar-refractivity contribution in [2.24, 2.45) is 5.73 Å². The van der Waals surface area contributed by atoms with Crippen molar-refractivity contribution < 1.29 is 9.18 Å². The molecular weight excluding hydrogens is 209 g/mol. The van der Waals surface area contributed by atoms with Crippen LogP contribution in [0.3, 0.4) is 0 Å². The second-order valence-corrected chi connectivity index (χ2v) is 3.89. The van der Waals surface area contributed by atoms with E-state index < -0.39 is 0 Å². The molecule has 0 radical (unpaired) electrons. The van der Waals surface area contributed by atoms with Gasteiger partial charge in [0.15, 0.2) is 0 Å². The Bertz CT molecular complexity index is 393. The monoisotopic (exact) mass is 223 g/mol. The molecule has 16 heavy (non-hydrogen) atoms. The van der Waals surface area contributed by atoms with Crippen LogP contribution in [-0.4, -0.2) is 37.1 Å². The smallest absolute Gasteiger partial charge is 0.246 e. The van der Waals surface area contributed by atoms with Crippen molar-refractivity contribution in [1.29, 1.82) is 0 Å². The van der Waals surface area contributed by atoms with Gasteiger partial charge in [-0.15, -0.1) is 0 Å². The molecule has 0 spiro atoms. The third kappa shape index (κ3) is 1.79. The molecule has 2 rings (SSSR count). The fraction of sp³-hybridized carbons (Fsp3) is 0.364. The van der Waals surface area contributed by atoms with Gasteiger partial charge in [-0.05, 0) is 31.3 Å². The quantitative estimate of drug-likeness (QED) is 0.789. The summed E-state index contributed by atoms with van der Waals surface area (Å²) < 4.78 is 12.8. The van der Waals surface area contributed by atoms with Crippen LogP contribution < -0.4 is 10.6 Å². The van der Waals surface area contributed by atoms with Crippen LogP contribution in [0.2, 0.25) is 0 Å². The molecular formula is C11H14FN3O. The highest BCUT2D eigenvalue weighted by atomic mass is 19.1. The lowest BCUT2D eigenvalue weighted by atomic mass is 10.2. The zero-order chi connectivity index (χ0) is 11.7. The summed E-state index contributed by atoms with van der Waals surface area (Å²) in [5.41, 5.74) is 6.23. The number of nitrogens with zero attached hydrogens (tertiary/aromatic N) is 2. The first-order valence-corrected chi connectivity index (χ1v) is 5.10. The van der Waals surface area contributed by atoms with Gasteiger partial charge in [-0.2, -0.15) is 0 Å². The highest BCUT2D eigenvalue weighted by molar-refractivity contribution is 5.99. The molecule has 1 atom stereocenters. The third-order valence-corrected chi connectivity index (χ3v) is 2.81. The van der Waals surface area contributed by atoms with Crippen LogP contribution in [0.25, 0.3) is 0 Å². The van der Waals surface area contributed by atoms with Crippen molar-refractivity contribution in [3.63, 3.8) is 0 Å². The molecule has 1 aromatic carbocycles. The number of nitrogens with two attached hydrogens (primary N) is 1. The van der Waals surface area contributed by atoms with E-state index in [0.29, 0.717) is 18.9 Å². The molecule has 0 bridgehead atoms. The molecule has 0 aromatic heterocycles. The van der Waals surface area contributed by atoms with E-state index in [2.05, 4.69) is 0 Å². The first kappa shape index (κ1) is 11.0. The SMILES string of the molecule is CN1CN(c2ccc(F)cc2)C(=O)C1CN. The molecule has 1 saturated heterocycles. The van der Waals surface area contributed by atoms with Gasteiger partial charge in [0.1, 0.15) is 11.9 Å². The van der Waals surface area contributed by atoms with E-state index in [4.69, 9.17) is 5.73 Å². The Morgan fingerprint density at radius 1 is 1.44 bits per heavy atom. The summed E-state index contributed by atoms with van der Waals surface area (Å²) in [7, 11) is 1.85. The molecule has 2 N–H and O–H groups in total. The minimum absolute atomic E-state index is 0.0309. The topological polar surface area (TPSA) is 49.6 Å². The van der Waals surface area contributed by atoms with Crippen molar-refractivity contribution in [3.05, 3.63) is 30.1 Å². The maximum Gasteiger partial charge on any atom is 0.246 e. The maximum atomic E-state index is 12.8. The number of hydrogen-bond acceptors (Lipinski definition) is 3. The molecule has 1 unspecified atom stereocenters. The molecule has 1 aliphatic rings. The van der Waals surface area contributed by atoms with Gasteiger partial charge in [-0.1, -0.05) is 0 Å². The normalized spacial score (nSPS) is 21.8. The molecule has 86 valence electrons. The van der Waals surface area contributed by atoms with Gasteiger partial charge in [0.2, 0.25) is 5.91 Å². The second kappa shape index (κ2) is 4.19. The molecule has 1 aromatic rings. The predicted molar refractivity (Wildman–Crippen MR) is 59.4 cm³/mol. The number of likely N-dealkylation sites (N-methyl/N-ethyl adjacent to an activating group) is 1. The zero-order valence-electron chi connectivity index (χ0n) is 9.06. The lowest BCUT2D eigenvalue weighted by Crippen LogP contribution is -2.37. The fourth-order valence-corrected chi connectivity index (χ4v) is 1.87. The van der Waals surface area contributed by atoms with Gasteiger partial charge in [0.25, 0.3) is 0 Å². The van der Waals surface area contributed by atoms with E-state index >= 15 is 0 Å². The molecule has 0 saturated carbocycles. The molecule has 4 nitrogen and oxygen atoms in total. The fourth-order valence-electron chi connectivity index (χ4n) is 1.87. The average molecular weight is 223 g/mol. The van der Waals surface area contributed by atoms with Gasteiger partial charge >= 0.3 is 0 Å². The summed E-state index contributed by atoms with van der Waals surface area (Å²) in [4.78, 5) is 15.4. The molecule has 1 aliphatic heterocycles. The minimum atomic E-state index is -0.306. The summed E-state index contributed by atoms with van der Waals surface area (Å²) >= 11 is 0. The summed E-state index contributed by atoms with van der Waals surface area (Å²) in [6, 6.07) is 5.61. The highest BCUT2D eigenvalue weighted by Crippen LogP contribution is 2.21. The largest absolute Gasteiger partial charge is 0.328 e. The molecule has 1 heterocycles. The number of amides is 1. The van der Waals surface area contributed by atoms with Gasteiger partial charge < -0.3 is 5.73 Å². The van der Waals surface area contributed by atoms with Crippen LogP contribution in [0, 0.1) is 5.82 Å². The van der Waals surface area contributed by atoms with Crippen LogP contribution in [0.15, 0.2) is 24.3 Å². The number of carbonyl (C=O) groups excluding carboxylic acids is 1. The number of hydrogen-bond donors (Lipinski definition) is 1. The van der Waals surface area contributed by atoms with Gasteiger partial charge in [0.05, 0.1) is 6.67 Å². The zero-order valence-corrected chi connectivity index (χ0v) is 9.06. The average Bonchev–Trinajstić information content (AvgIpc) is 2.55. The summed E-state index contributed by atoms with van der Waals surface area (Å²) in [5.74, 6) is -0.337. The summed E-state index contributed by atoms with van der Waals surface area (Å²) in [6.45, 7) is 0.791. The third-order valence-electron chi connectivity index (χ3n) is 2.81. The van der Waals surface area contributed by atoms with E-state index in [1.165, 1.54) is 12.1 Å². The second-order valence-electron chi connectivity index (χ2n) is 3.89. The van der Waals surface area contributed by atoms with Crippen LogP contribution in [0.4, 0.5) is 10.1 Å². The minimum Gasteiger partial charge on any atom is -0.328 e. The molecule has 1 amide bonds. The van der Waals surface area contributed by atoms with E-state index in [1.807, 2.05) is 11.9 Å². The van der Waals surface area contributed by atoms with Gasteiger partial charge in [0, 0.05) is 12.2 Å². The van der Waals surface area contributed by atoms with Crippen molar-refractivity contribution in [1.82, 2.24) is 4.90 Å². The van der Waals surface area contributed by atoms with E-state index in [0.717, 1.165) is 0 Å². The Balaban J connectivity index is 2.23. The van der Waals surface area contributed by atoms with Crippen LogP contribution >= 0.6 is 0 Å². The predicted octanol–water partition coefficient (Wildman–Crippen LogP) is 0.389. The number of halogens is 1. The molecule has 5 heteroatoms. The molecule has 1 fully saturated rings. The lowest BCUT2D eigenvalue weighted by Gasteiger charge is -2.15. The Morgan fingerprint density at radius 2 is 2.06 bits per heavy atom. The van der Waals surface area contributed by atoms with E-state index in [9.17, 15) is 9.18 Å². The number of carbonyl (C=O) groups is 1. The van der Waals surface area contributed by atoms with E-state index in [-0.39, 0.29) is 17.8 Å². The number of benzene rings is 1. The van der Waals surface area contributed by atoms with Crippen molar-refractivity contribution in [2.45, 2.75) is 6.04 Å². The highest BCUT2D eigenvalue weighted by Gasteiger charge is 2.35. The Morgan fingerprint density at radius 3 is 2.56 bits per heavy atom. The first-order chi connectivity index (χ1) is 7.63. The lowest BCUT2D eigenvalue weighted by molar-refractivity contribution is -0.119. The van der Waals surface area contributed by atoms with Crippen LogP contribution in [0.5, 0.6) is 0 Å². The van der Waals surface area contributed by atoms with Gasteiger partial charge in [-0.25, -0.2) is 4.39 Å². The molecule has 0 aliphatic carbocycles. The standard InChI is InChI=1S/C11H14FN3O/c1-14-7-15(11(16)10(14)6-13)9-4-2-8(12)3-5-9/h2-5,10H,6-7,13H2,1H3. The first-order valence-electron chi connectivity index (χ1n) is 5.10. The number of rotatable bonds is 2. The Kier molecular flexibility index (Phi) is 2.89. The number of anilines is 1. The van der Waals surface area contributed by atoms with Crippen LogP contribution in [0.1, 0.15) is 0 Å². The summed E-state index contributed by atoms with van der Waals surface area (Å²) in [6.07, 6.45) is 0.